The Kier molecular flexibility index (Phi) is 3.52. The fraction of sp³-hybridized carbons (Fsp3) is 0.471. The van der Waals surface area contributed by atoms with E-state index < -0.39 is 0 Å². The molecule has 1 aliphatic heterocycles. The van der Waals surface area contributed by atoms with Gasteiger partial charge in [0.05, 0.1) is 5.52 Å². The van der Waals surface area contributed by atoms with E-state index in [0.29, 0.717) is 0 Å². The molecule has 2 aromatic rings. The van der Waals surface area contributed by atoms with Crippen molar-refractivity contribution in [3.8, 4) is 0 Å². The Morgan fingerprint density at radius 1 is 1.16 bits per heavy atom. The fourth-order valence-electron chi connectivity index (χ4n) is 3.38. The van der Waals surface area contributed by atoms with Gasteiger partial charge >= 0.3 is 0 Å². The molecule has 1 aliphatic rings. The highest BCUT2D eigenvalue weighted by molar-refractivity contribution is 5.78. The first-order chi connectivity index (χ1) is 9.20. The predicted octanol–water partition coefficient (Wildman–Crippen LogP) is 3.71. The number of pyridine rings is 1. The number of likely N-dealkylation sites (tertiary alicyclic amines) is 1. The largest absolute Gasteiger partial charge is 0.298 e. The van der Waals surface area contributed by atoms with Gasteiger partial charge in [-0.1, -0.05) is 32.0 Å². The van der Waals surface area contributed by atoms with E-state index in [1.165, 1.54) is 30.5 Å². The third kappa shape index (κ3) is 2.95. The van der Waals surface area contributed by atoms with Crippen molar-refractivity contribution in [3.63, 3.8) is 0 Å². The molecule has 1 aromatic heterocycles. The predicted molar refractivity (Wildman–Crippen MR) is 80.0 cm³/mol. The minimum atomic E-state index is 0.817. The molecule has 3 rings (SSSR count). The lowest BCUT2D eigenvalue weighted by molar-refractivity contribution is 0.134. The van der Waals surface area contributed by atoms with Crippen LogP contribution in [0.3, 0.4) is 0 Å². The highest BCUT2D eigenvalue weighted by atomic mass is 15.1. The summed E-state index contributed by atoms with van der Waals surface area (Å²) in [5.41, 5.74) is 2.42. The van der Waals surface area contributed by atoms with Crippen LogP contribution >= 0.6 is 0 Å². The molecule has 0 bridgehead atoms. The Balaban J connectivity index is 1.77. The molecule has 1 saturated heterocycles. The molecule has 0 N–H and O–H groups in total. The first kappa shape index (κ1) is 12.6. The first-order valence-corrected chi connectivity index (χ1v) is 7.27. The topological polar surface area (TPSA) is 16.1 Å². The van der Waals surface area contributed by atoms with Gasteiger partial charge in [0.2, 0.25) is 0 Å². The van der Waals surface area contributed by atoms with Gasteiger partial charge in [-0.2, -0.15) is 0 Å². The number of para-hydroxylation sites is 1. The second-order valence-corrected chi connectivity index (χ2v) is 6.18. The van der Waals surface area contributed by atoms with Crippen LogP contribution in [0.25, 0.3) is 10.9 Å². The molecule has 100 valence electrons. The maximum Gasteiger partial charge on any atom is 0.0702 e. The van der Waals surface area contributed by atoms with E-state index in [2.05, 4.69) is 48.0 Å². The monoisotopic (exact) mass is 254 g/mol. The summed E-state index contributed by atoms with van der Waals surface area (Å²) in [6.07, 6.45) is 3.40. The average molecular weight is 254 g/mol. The standard InChI is InChI=1S/C17H22N2/c1-13-7-14(2)11-19(10-13)12-15-8-16-5-3-4-6-17(16)18-9-15/h3-6,8-9,13-14H,7,10-12H2,1-2H3. The Morgan fingerprint density at radius 2 is 1.89 bits per heavy atom. The number of hydrogen-bond acceptors (Lipinski definition) is 2. The van der Waals surface area contributed by atoms with E-state index in [4.69, 9.17) is 0 Å². The Labute approximate surface area is 115 Å². The quantitative estimate of drug-likeness (QED) is 0.812. The zero-order chi connectivity index (χ0) is 13.2. The maximum atomic E-state index is 4.56. The van der Waals surface area contributed by atoms with Gasteiger partial charge in [0.15, 0.2) is 0 Å². The van der Waals surface area contributed by atoms with Crippen LogP contribution in [0.2, 0.25) is 0 Å². The van der Waals surface area contributed by atoms with Crippen molar-refractivity contribution in [1.29, 1.82) is 0 Å². The van der Waals surface area contributed by atoms with Crippen LogP contribution in [0.5, 0.6) is 0 Å². The highest BCUT2D eigenvalue weighted by Crippen LogP contribution is 2.23. The minimum absolute atomic E-state index is 0.817. The summed E-state index contributed by atoms with van der Waals surface area (Å²) in [7, 11) is 0. The van der Waals surface area contributed by atoms with Crippen molar-refractivity contribution in [2.24, 2.45) is 11.8 Å². The summed E-state index contributed by atoms with van der Waals surface area (Å²) in [5, 5.41) is 1.25. The van der Waals surface area contributed by atoms with Crippen LogP contribution in [0, 0.1) is 11.8 Å². The van der Waals surface area contributed by atoms with Crippen LogP contribution in [0.15, 0.2) is 36.5 Å². The third-order valence-electron chi connectivity index (χ3n) is 4.00. The van der Waals surface area contributed by atoms with E-state index in [9.17, 15) is 0 Å². The molecule has 1 aromatic carbocycles. The molecule has 0 saturated carbocycles. The summed E-state index contributed by atoms with van der Waals surface area (Å²) in [4.78, 5) is 7.13. The molecule has 0 aliphatic carbocycles. The fourth-order valence-corrected chi connectivity index (χ4v) is 3.38. The lowest BCUT2D eigenvalue weighted by Gasteiger charge is -2.34. The molecular formula is C17H22N2. The van der Waals surface area contributed by atoms with E-state index >= 15 is 0 Å². The lowest BCUT2D eigenvalue weighted by Crippen LogP contribution is -2.38. The zero-order valence-corrected chi connectivity index (χ0v) is 11.8. The number of nitrogens with zero attached hydrogens (tertiary/aromatic N) is 2. The molecule has 2 heteroatoms. The van der Waals surface area contributed by atoms with Crippen molar-refractivity contribution >= 4 is 10.9 Å². The van der Waals surface area contributed by atoms with Gasteiger partial charge in [-0.25, -0.2) is 0 Å². The van der Waals surface area contributed by atoms with Gasteiger partial charge in [0, 0.05) is 31.2 Å². The molecule has 0 spiro atoms. The molecule has 19 heavy (non-hydrogen) atoms. The smallest absolute Gasteiger partial charge is 0.0702 e. The maximum absolute atomic E-state index is 4.56. The highest BCUT2D eigenvalue weighted by Gasteiger charge is 2.21. The van der Waals surface area contributed by atoms with Crippen LogP contribution in [0.4, 0.5) is 0 Å². The molecule has 2 unspecified atom stereocenters. The zero-order valence-electron chi connectivity index (χ0n) is 11.8. The van der Waals surface area contributed by atoms with Gasteiger partial charge in [0.1, 0.15) is 0 Å². The van der Waals surface area contributed by atoms with Crippen LogP contribution in [-0.4, -0.2) is 23.0 Å². The van der Waals surface area contributed by atoms with Crippen molar-refractivity contribution in [3.05, 3.63) is 42.1 Å². The number of fused-ring (bicyclic) bond motifs is 1. The van der Waals surface area contributed by atoms with Crippen LogP contribution < -0.4 is 0 Å². The number of hydrogen-bond donors (Lipinski definition) is 0. The van der Waals surface area contributed by atoms with Gasteiger partial charge in [-0.15, -0.1) is 0 Å². The van der Waals surface area contributed by atoms with Gasteiger partial charge < -0.3 is 0 Å². The van der Waals surface area contributed by atoms with Crippen molar-refractivity contribution in [2.75, 3.05) is 13.1 Å². The van der Waals surface area contributed by atoms with E-state index in [1.54, 1.807) is 0 Å². The average Bonchev–Trinajstić information content (AvgIpc) is 2.37. The van der Waals surface area contributed by atoms with E-state index in [-0.39, 0.29) is 0 Å². The second kappa shape index (κ2) is 5.30. The number of piperidine rings is 1. The number of rotatable bonds is 2. The van der Waals surface area contributed by atoms with Gasteiger partial charge in [0.25, 0.3) is 0 Å². The van der Waals surface area contributed by atoms with Crippen molar-refractivity contribution < 1.29 is 0 Å². The molecule has 2 heterocycles. The SMILES string of the molecule is CC1CC(C)CN(Cc2cnc3ccccc3c2)C1. The summed E-state index contributed by atoms with van der Waals surface area (Å²) >= 11 is 0. The van der Waals surface area contributed by atoms with Crippen LogP contribution in [0.1, 0.15) is 25.8 Å². The van der Waals surface area contributed by atoms with E-state index in [0.717, 1.165) is 23.9 Å². The number of aromatic nitrogens is 1. The summed E-state index contributed by atoms with van der Waals surface area (Å²) in [5.74, 6) is 1.63. The lowest BCUT2D eigenvalue weighted by atomic mass is 9.91. The summed E-state index contributed by atoms with van der Waals surface area (Å²) in [6, 6.07) is 10.6. The second-order valence-electron chi connectivity index (χ2n) is 6.18. The normalized spacial score (nSPS) is 24.7. The molecular weight excluding hydrogens is 232 g/mol. The minimum Gasteiger partial charge on any atom is -0.298 e. The van der Waals surface area contributed by atoms with Crippen molar-refractivity contribution in [1.82, 2.24) is 9.88 Å². The summed E-state index contributed by atoms with van der Waals surface area (Å²) in [6.45, 7) is 8.20. The van der Waals surface area contributed by atoms with Crippen LogP contribution in [-0.2, 0) is 6.54 Å². The van der Waals surface area contributed by atoms with Gasteiger partial charge in [-0.05, 0) is 36.0 Å². The molecule has 1 fully saturated rings. The Hall–Kier alpha value is -1.41. The Bertz CT molecular complexity index is 554. The first-order valence-electron chi connectivity index (χ1n) is 7.27. The Morgan fingerprint density at radius 3 is 2.68 bits per heavy atom. The number of benzene rings is 1. The molecule has 0 radical (unpaired) electrons. The van der Waals surface area contributed by atoms with E-state index in [1.807, 2.05) is 12.3 Å². The third-order valence-corrected chi connectivity index (χ3v) is 4.00. The molecule has 0 amide bonds. The molecule has 2 atom stereocenters. The summed E-state index contributed by atoms with van der Waals surface area (Å²) < 4.78 is 0. The van der Waals surface area contributed by atoms with Gasteiger partial charge in [-0.3, -0.25) is 9.88 Å². The molecule has 2 nitrogen and oxygen atoms in total. The van der Waals surface area contributed by atoms with Crippen molar-refractivity contribution in [2.45, 2.75) is 26.8 Å².